The van der Waals surface area contributed by atoms with Gasteiger partial charge in [0.15, 0.2) is 0 Å². The summed E-state index contributed by atoms with van der Waals surface area (Å²) in [6.45, 7) is 7.06. The lowest BCUT2D eigenvalue weighted by atomic mass is 10.1. The fourth-order valence-electron chi connectivity index (χ4n) is 5.48. The number of nitrogens with zero attached hydrogens (tertiary/aromatic N) is 6. The van der Waals surface area contributed by atoms with Crippen LogP contribution in [0.2, 0.25) is 5.02 Å². The minimum atomic E-state index is -0.337. The van der Waals surface area contributed by atoms with Gasteiger partial charge in [0.2, 0.25) is 5.95 Å². The van der Waals surface area contributed by atoms with Crippen LogP contribution in [0.4, 0.5) is 23.0 Å². The van der Waals surface area contributed by atoms with Gasteiger partial charge in [-0.2, -0.15) is 0 Å². The Morgan fingerprint density at radius 1 is 1.23 bits per heavy atom. The number of hydrogen-bond donors (Lipinski definition) is 1. The zero-order valence-corrected chi connectivity index (χ0v) is 22.7. The monoisotopic (exact) mass is 547 g/mol. The van der Waals surface area contributed by atoms with Crippen LogP contribution in [0.25, 0.3) is 22.2 Å². The van der Waals surface area contributed by atoms with Gasteiger partial charge in [-0.25, -0.2) is 9.97 Å². The largest absolute Gasteiger partial charge is 0.490 e. The smallest absolute Gasteiger partial charge is 0.294 e. The van der Waals surface area contributed by atoms with Crippen LogP contribution < -0.4 is 15.0 Å². The molecule has 0 saturated carbocycles. The fourth-order valence-corrected chi connectivity index (χ4v) is 5.68. The molecule has 0 radical (unpaired) electrons. The van der Waals surface area contributed by atoms with E-state index in [1.807, 2.05) is 49.3 Å². The molecular formula is C28H30ClN7O3. The molecule has 1 saturated heterocycles. The minimum absolute atomic E-state index is 0.0372. The standard InChI is InChI=1S/C28H30ClN7O3/c1-18-14-23(33(2)10-11-34-8-3-4-9-34)24(36(37)38)15-22(18)31-28-30-16-21(29)26(32-28)20-17-35-12-13-39-25-7-5-6-19(20)27(25)35/h5-7,14-17H,3-4,8-13H2,1-2H3,(H,30,31,32). The second-order valence-electron chi connectivity index (χ2n) is 10.1. The van der Waals surface area contributed by atoms with Crippen molar-refractivity contribution in [3.05, 3.63) is 63.4 Å². The molecule has 1 N–H and O–H groups in total. The highest BCUT2D eigenvalue weighted by Crippen LogP contribution is 2.40. The van der Waals surface area contributed by atoms with Crippen LogP contribution in [0, 0.1) is 17.0 Å². The lowest BCUT2D eigenvalue weighted by Crippen LogP contribution is -2.31. The number of nitrogens with one attached hydrogen (secondary N) is 1. The third kappa shape index (κ3) is 4.86. The fraction of sp³-hybridized carbons (Fsp3) is 0.357. The molecule has 202 valence electrons. The molecule has 0 bridgehead atoms. The first-order chi connectivity index (χ1) is 18.9. The number of anilines is 3. The van der Waals surface area contributed by atoms with Crippen LogP contribution in [0.1, 0.15) is 18.4 Å². The van der Waals surface area contributed by atoms with Gasteiger partial charge in [-0.15, -0.1) is 0 Å². The Bertz CT molecular complexity index is 1560. The van der Waals surface area contributed by atoms with Crippen molar-refractivity contribution in [2.45, 2.75) is 26.3 Å². The number of aryl methyl sites for hydroxylation is 1. The summed E-state index contributed by atoms with van der Waals surface area (Å²) in [4.78, 5) is 25.2. The van der Waals surface area contributed by atoms with Crippen molar-refractivity contribution in [2.24, 2.45) is 0 Å². The molecule has 4 aromatic rings. The molecule has 1 fully saturated rings. The molecule has 2 aromatic carbocycles. The van der Waals surface area contributed by atoms with Crippen molar-refractivity contribution in [3.8, 4) is 17.0 Å². The van der Waals surface area contributed by atoms with Gasteiger partial charge in [0, 0.05) is 43.4 Å². The van der Waals surface area contributed by atoms with E-state index in [-0.39, 0.29) is 10.6 Å². The predicted molar refractivity (Wildman–Crippen MR) is 154 cm³/mol. The molecule has 11 heteroatoms. The maximum absolute atomic E-state index is 12.1. The van der Waals surface area contributed by atoms with Gasteiger partial charge in [-0.05, 0) is 50.6 Å². The predicted octanol–water partition coefficient (Wildman–Crippen LogP) is 5.64. The second kappa shape index (κ2) is 10.3. The molecule has 10 nitrogen and oxygen atoms in total. The maximum Gasteiger partial charge on any atom is 0.294 e. The van der Waals surface area contributed by atoms with E-state index in [0.29, 0.717) is 34.6 Å². The molecule has 0 spiro atoms. The van der Waals surface area contributed by atoms with E-state index < -0.39 is 0 Å². The van der Waals surface area contributed by atoms with Gasteiger partial charge in [-0.3, -0.25) is 10.1 Å². The summed E-state index contributed by atoms with van der Waals surface area (Å²) in [6.07, 6.45) is 6.03. The van der Waals surface area contributed by atoms with Crippen molar-refractivity contribution >= 4 is 45.5 Å². The number of para-hydroxylation sites is 1. The Kier molecular flexibility index (Phi) is 6.74. The van der Waals surface area contributed by atoms with Crippen molar-refractivity contribution in [1.82, 2.24) is 19.4 Å². The Morgan fingerprint density at radius 3 is 2.85 bits per heavy atom. The summed E-state index contributed by atoms with van der Waals surface area (Å²) in [7, 11) is 1.91. The van der Waals surface area contributed by atoms with Gasteiger partial charge in [0.05, 0.1) is 39.6 Å². The summed E-state index contributed by atoms with van der Waals surface area (Å²) >= 11 is 6.58. The summed E-state index contributed by atoms with van der Waals surface area (Å²) in [5, 5.41) is 16.7. The van der Waals surface area contributed by atoms with Crippen molar-refractivity contribution in [2.75, 3.05) is 50.1 Å². The third-order valence-electron chi connectivity index (χ3n) is 7.58. The first-order valence-corrected chi connectivity index (χ1v) is 13.5. The number of rotatable bonds is 8. The van der Waals surface area contributed by atoms with E-state index in [1.165, 1.54) is 12.8 Å². The van der Waals surface area contributed by atoms with Crippen LogP contribution in [-0.2, 0) is 6.54 Å². The van der Waals surface area contributed by atoms with Crippen LogP contribution in [0.5, 0.6) is 5.75 Å². The SMILES string of the molecule is Cc1cc(N(C)CCN2CCCC2)c([N+](=O)[O-])cc1Nc1ncc(Cl)c(-c2cn3c4c(cccc24)OCC3)n1. The number of nitro groups is 1. The number of likely N-dealkylation sites (N-methyl/N-ethyl adjacent to an activating group) is 1. The van der Waals surface area contributed by atoms with E-state index in [4.69, 9.17) is 21.3 Å². The van der Waals surface area contributed by atoms with Crippen LogP contribution in [0.3, 0.4) is 0 Å². The molecule has 4 heterocycles. The Hall–Kier alpha value is -3.89. The first kappa shape index (κ1) is 25.4. The van der Waals surface area contributed by atoms with Crippen molar-refractivity contribution < 1.29 is 9.66 Å². The first-order valence-electron chi connectivity index (χ1n) is 13.2. The third-order valence-corrected chi connectivity index (χ3v) is 7.85. The molecule has 2 aromatic heterocycles. The van der Waals surface area contributed by atoms with E-state index in [2.05, 4.69) is 19.8 Å². The van der Waals surface area contributed by atoms with Gasteiger partial charge in [0.1, 0.15) is 18.0 Å². The van der Waals surface area contributed by atoms with Crippen LogP contribution in [0.15, 0.2) is 42.7 Å². The van der Waals surface area contributed by atoms with Gasteiger partial charge in [0.25, 0.3) is 5.69 Å². The zero-order valence-electron chi connectivity index (χ0n) is 22.0. The molecule has 6 rings (SSSR count). The lowest BCUT2D eigenvalue weighted by molar-refractivity contribution is -0.384. The average Bonchev–Trinajstić information content (AvgIpc) is 3.59. The molecule has 0 atom stereocenters. The molecular weight excluding hydrogens is 518 g/mol. The van der Waals surface area contributed by atoms with Gasteiger partial charge in [-0.1, -0.05) is 23.7 Å². The zero-order chi connectivity index (χ0) is 27.1. The van der Waals surface area contributed by atoms with E-state index in [9.17, 15) is 10.1 Å². The topological polar surface area (TPSA) is 102 Å². The lowest BCUT2D eigenvalue weighted by Gasteiger charge is -2.24. The summed E-state index contributed by atoms with van der Waals surface area (Å²) in [5.41, 5.74) is 4.54. The van der Waals surface area contributed by atoms with E-state index in [0.717, 1.165) is 60.5 Å². The molecule has 0 unspecified atom stereocenters. The van der Waals surface area contributed by atoms with Crippen molar-refractivity contribution in [3.63, 3.8) is 0 Å². The normalized spacial score (nSPS) is 14.9. The molecule has 0 aliphatic carbocycles. The second-order valence-corrected chi connectivity index (χ2v) is 10.5. The van der Waals surface area contributed by atoms with Gasteiger partial charge >= 0.3 is 0 Å². The van der Waals surface area contributed by atoms with E-state index in [1.54, 1.807) is 12.3 Å². The maximum atomic E-state index is 12.1. The average molecular weight is 548 g/mol. The number of ether oxygens (including phenoxy) is 1. The molecule has 0 amide bonds. The highest BCUT2D eigenvalue weighted by molar-refractivity contribution is 6.33. The number of nitro benzene ring substituents is 1. The number of aromatic nitrogens is 3. The highest BCUT2D eigenvalue weighted by atomic mass is 35.5. The molecule has 2 aliphatic heterocycles. The quantitative estimate of drug-likeness (QED) is 0.223. The summed E-state index contributed by atoms with van der Waals surface area (Å²) in [5.74, 6) is 1.15. The Labute approximate surface area is 231 Å². The van der Waals surface area contributed by atoms with Gasteiger partial charge < -0.3 is 24.4 Å². The molecule has 2 aliphatic rings. The van der Waals surface area contributed by atoms with Crippen LogP contribution >= 0.6 is 11.6 Å². The van der Waals surface area contributed by atoms with Crippen LogP contribution in [-0.4, -0.2) is 64.2 Å². The summed E-state index contributed by atoms with van der Waals surface area (Å²) < 4.78 is 7.98. The highest BCUT2D eigenvalue weighted by Gasteiger charge is 2.23. The minimum Gasteiger partial charge on any atom is -0.490 e. The number of likely N-dealkylation sites (tertiary alicyclic amines) is 1. The number of hydrogen-bond acceptors (Lipinski definition) is 8. The number of halogens is 1. The summed E-state index contributed by atoms with van der Waals surface area (Å²) in [6, 6.07) is 9.35. The van der Waals surface area contributed by atoms with E-state index >= 15 is 0 Å². The molecule has 39 heavy (non-hydrogen) atoms. The van der Waals surface area contributed by atoms with Crippen molar-refractivity contribution in [1.29, 1.82) is 0 Å². The Morgan fingerprint density at radius 2 is 2.05 bits per heavy atom. The Balaban J connectivity index is 1.30. The number of benzene rings is 2.